The predicted molar refractivity (Wildman–Crippen MR) is 42.7 cm³/mol. The Morgan fingerprint density at radius 3 is 0.529 bits per heavy atom. The molecule has 0 saturated carbocycles. The van der Waals surface area contributed by atoms with Crippen molar-refractivity contribution in [2.45, 2.75) is 27.7 Å². The lowest BCUT2D eigenvalue weighted by molar-refractivity contribution is -0.303. The predicted octanol–water partition coefficient (Wildman–Crippen LogP) is -7.97. The summed E-state index contributed by atoms with van der Waals surface area (Å²) in [5, 5.41) is 35.6. The number of carbonyl (C=O) groups is 4. The topological polar surface area (TPSA) is 161 Å². The van der Waals surface area contributed by atoms with Crippen molar-refractivity contribution in [3.8, 4) is 0 Å². The molecule has 8 nitrogen and oxygen atoms in total. The molecule has 0 aliphatic heterocycles. The van der Waals surface area contributed by atoms with Crippen LogP contribution in [0.4, 0.5) is 0 Å². The third-order valence-corrected chi connectivity index (χ3v) is 0. The SMILES string of the molecule is CC(=O)[O-].CC(=O)[O-].CC(=O)[O-].CC(=O)[O-].[Br-]. The van der Waals surface area contributed by atoms with Gasteiger partial charge in [0.15, 0.2) is 0 Å². The van der Waals surface area contributed by atoms with Gasteiger partial charge in [0.05, 0.1) is 0 Å². The first-order chi connectivity index (χ1) is 6.93. The van der Waals surface area contributed by atoms with Crippen LogP contribution in [-0.2, 0) is 19.2 Å². The second kappa shape index (κ2) is 23.9. The first-order valence-corrected chi connectivity index (χ1v) is 3.63. The van der Waals surface area contributed by atoms with Crippen molar-refractivity contribution in [1.82, 2.24) is 0 Å². The zero-order chi connectivity index (χ0) is 14.3. The highest BCUT2D eigenvalue weighted by molar-refractivity contribution is 5.61. The Morgan fingerprint density at radius 1 is 0.529 bits per heavy atom. The van der Waals surface area contributed by atoms with E-state index in [0.717, 1.165) is 27.7 Å². The number of carboxylic acids is 4. The summed E-state index contributed by atoms with van der Waals surface area (Å²) in [6.07, 6.45) is 0. The average Bonchev–Trinajstić information content (AvgIpc) is 1.76. The normalized spacial score (nSPS) is 5.88. The number of carbonyl (C=O) groups excluding carboxylic acids is 4. The van der Waals surface area contributed by atoms with E-state index in [-0.39, 0.29) is 17.0 Å². The molecule has 0 heterocycles. The molecule has 0 amide bonds. The van der Waals surface area contributed by atoms with Crippen LogP contribution in [-0.4, -0.2) is 23.9 Å². The minimum atomic E-state index is -1.08. The van der Waals surface area contributed by atoms with E-state index in [1.807, 2.05) is 0 Å². The maximum atomic E-state index is 8.89. The van der Waals surface area contributed by atoms with E-state index >= 15 is 0 Å². The van der Waals surface area contributed by atoms with Crippen LogP contribution in [0.2, 0.25) is 0 Å². The third-order valence-electron chi connectivity index (χ3n) is 0. The Labute approximate surface area is 109 Å². The van der Waals surface area contributed by atoms with Gasteiger partial charge in [-0.3, -0.25) is 0 Å². The van der Waals surface area contributed by atoms with E-state index in [9.17, 15) is 0 Å². The first-order valence-electron chi connectivity index (χ1n) is 3.63. The number of rotatable bonds is 0. The standard InChI is InChI=1S/4C2H4O2.BrH/c4*1-2(3)4;/h4*1H3,(H,3,4);1H/p-5. The Bertz CT molecular complexity index is 162. The summed E-state index contributed by atoms with van der Waals surface area (Å²) < 4.78 is 0. The largest absolute Gasteiger partial charge is 1.00 e. The summed E-state index contributed by atoms with van der Waals surface area (Å²) in [5.74, 6) is -4.33. The number of hydrogen-bond donors (Lipinski definition) is 0. The molecule has 0 rings (SSSR count). The van der Waals surface area contributed by atoms with Gasteiger partial charge in [-0.2, -0.15) is 0 Å². The molecule has 9 heteroatoms. The van der Waals surface area contributed by atoms with Crippen molar-refractivity contribution < 1.29 is 56.6 Å². The van der Waals surface area contributed by atoms with Gasteiger partial charge < -0.3 is 56.6 Å². The fraction of sp³-hybridized carbons (Fsp3) is 0.500. The summed E-state index contributed by atoms with van der Waals surface area (Å²) in [4.78, 5) is 35.6. The van der Waals surface area contributed by atoms with Gasteiger partial charge in [0.2, 0.25) is 0 Å². The summed E-state index contributed by atoms with van der Waals surface area (Å²) in [6.45, 7) is 3.89. The molecule has 0 N–H and O–H groups in total. The molecule has 17 heavy (non-hydrogen) atoms. The summed E-state index contributed by atoms with van der Waals surface area (Å²) in [5.41, 5.74) is 0. The van der Waals surface area contributed by atoms with E-state index in [4.69, 9.17) is 39.6 Å². The van der Waals surface area contributed by atoms with Crippen LogP contribution in [0.3, 0.4) is 0 Å². The van der Waals surface area contributed by atoms with Gasteiger partial charge in [-0.1, -0.05) is 0 Å². The van der Waals surface area contributed by atoms with Gasteiger partial charge in [-0.25, -0.2) is 0 Å². The quantitative estimate of drug-likeness (QED) is 0.425. The van der Waals surface area contributed by atoms with E-state index in [1.165, 1.54) is 0 Å². The minimum Gasteiger partial charge on any atom is -1.00 e. The average molecular weight is 316 g/mol. The van der Waals surface area contributed by atoms with E-state index in [1.54, 1.807) is 0 Å². The van der Waals surface area contributed by atoms with Crippen molar-refractivity contribution in [2.75, 3.05) is 0 Å². The molecule has 0 saturated heterocycles. The number of halogens is 1. The maximum absolute atomic E-state index is 8.89. The van der Waals surface area contributed by atoms with Gasteiger partial charge in [-0.15, -0.1) is 0 Å². The Morgan fingerprint density at radius 2 is 0.529 bits per heavy atom. The molecular weight excluding hydrogens is 304 g/mol. The van der Waals surface area contributed by atoms with Crippen LogP contribution >= 0.6 is 0 Å². The van der Waals surface area contributed by atoms with E-state index in [2.05, 4.69) is 0 Å². The molecule has 0 aromatic rings. The fourth-order valence-electron chi connectivity index (χ4n) is 0. The maximum Gasteiger partial charge on any atom is 0.0383 e. The van der Waals surface area contributed by atoms with Crippen LogP contribution in [0.5, 0.6) is 0 Å². The van der Waals surface area contributed by atoms with Crippen LogP contribution in [0, 0.1) is 0 Å². The Kier molecular flexibility index (Phi) is 41.5. The van der Waals surface area contributed by atoms with Crippen molar-refractivity contribution in [2.24, 2.45) is 0 Å². The molecule has 0 aliphatic carbocycles. The molecular formula is C8H12BrO8-5. The van der Waals surface area contributed by atoms with Crippen molar-refractivity contribution >= 4 is 23.9 Å². The highest BCUT2D eigenvalue weighted by atomic mass is 79.9. The molecule has 0 unspecified atom stereocenters. The van der Waals surface area contributed by atoms with Gasteiger partial charge in [0, 0.05) is 23.9 Å². The van der Waals surface area contributed by atoms with Crippen LogP contribution < -0.4 is 37.4 Å². The smallest absolute Gasteiger partial charge is 0.0383 e. The van der Waals surface area contributed by atoms with Crippen LogP contribution in [0.1, 0.15) is 27.7 Å². The second-order valence-corrected chi connectivity index (χ2v) is 1.97. The zero-order valence-electron chi connectivity index (χ0n) is 9.64. The molecule has 0 atom stereocenters. The minimum absolute atomic E-state index is 0. The molecule has 104 valence electrons. The number of carboxylic acid groups (broad SMARTS) is 4. The monoisotopic (exact) mass is 315 g/mol. The van der Waals surface area contributed by atoms with Crippen LogP contribution in [0.15, 0.2) is 0 Å². The molecule has 0 spiro atoms. The molecule has 0 bridgehead atoms. The Hall–Kier alpha value is -1.64. The molecule has 0 radical (unpaired) electrons. The van der Waals surface area contributed by atoms with Crippen molar-refractivity contribution in [3.05, 3.63) is 0 Å². The third kappa shape index (κ3) is 816. The molecule has 0 fully saturated rings. The van der Waals surface area contributed by atoms with Gasteiger partial charge in [-0.05, 0) is 27.7 Å². The van der Waals surface area contributed by atoms with Crippen LogP contribution in [0.25, 0.3) is 0 Å². The highest BCUT2D eigenvalue weighted by Gasteiger charge is 1.47. The van der Waals surface area contributed by atoms with Gasteiger partial charge in [0.1, 0.15) is 0 Å². The summed E-state index contributed by atoms with van der Waals surface area (Å²) >= 11 is 0. The fourth-order valence-corrected chi connectivity index (χ4v) is 0. The van der Waals surface area contributed by atoms with Gasteiger partial charge in [0.25, 0.3) is 0 Å². The highest BCUT2D eigenvalue weighted by Crippen LogP contribution is 1.32. The number of aliphatic carboxylic acids is 4. The molecule has 0 aromatic carbocycles. The van der Waals surface area contributed by atoms with E-state index < -0.39 is 23.9 Å². The van der Waals surface area contributed by atoms with Crippen molar-refractivity contribution in [3.63, 3.8) is 0 Å². The number of hydrogen-bond acceptors (Lipinski definition) is 8. The van der Waals surface area contributed by atoms with Crippen molar-refractivity contribution in [1.29, 1.82) is 0 Å². The summed E-state index contributed by atoms with van der Waals surface area (Å²) in [7, 11) is 0. The van der Waals surface area contributed by atoms with Gasteiger partial charge >= 0.3 is 0 Å². The Balaban J connectivity index is -0.0000000369. The second-order valence-electron chi connectivity index (χ2n) is 1.97. The van der Waals surface area contributed by atoms with E-state index in [0.29, 0.717) is 0 Å². The lowest BCUT2D eigenvalue weighted by Gasteiger charge is -1.77. The first kappa shape index (κ1) is 29.5. The lowest BCUT2D eigenvalue weighted by Crippen LogP contribution is -3.00. The summed E-state index contributed by atoms with van der Waals surface area (Å²) in [6, 6.07) is 0. The lowest BCUT2D eigenvalue weighted by atomic mass is 10.9. The molecule has 0 aliphatic rings. The molecule has 0 aromatic heterocycles. The zero-order valence-corrected chi connectivity index (χ0v) is 11.2.